The van der Waals surface area contributed by atoms with Crippen LogP contribution in [-0.2, 0) is 9.53 Å². The topological polar surface area (TPSA) is 92.8 Å². The lowest BCUT2D eigenvalue weighted by atomic mass is 10.00. The first-order valence-electron chi connectivity index (χ1n) is 17.3. The summed E-state index contributed by atoms with van der Waals surface area (Å²) in [5.74, 6) is -0.254. The van der Waals surface area contributed by atoms with E-state index in [9.17, 15) is 15.0 Å². The monoisotopic (exact) mass is 556 g/mol. The normalized spacial score (nSPS) is 13.9. The number of ether oxygens (including phenoxy) is 1. The molecule has 0 saturated carbocycles. The number of aliphatic hydroxyl groups is 2. The van der Waals surface area contributed by atoms with Crippen LogP contribution in [0.25, 0.3) is 0 Å². The van der Waals surface area contributed by atoms with E-state index in [0.717, 1.165) is 25.7 Å². The van der Waals surface area contributed by atoms with Crippen LogP contribution in [-0.4, -0.2) is 41.0 Å². The van der Waals surface area contributed by atoms with Gasteiger partial charge in [0.25, 0.3) is 0 Å². The molecule has 5 heteroatoms. The fourth-order valence-corrected chi connectivity index (χ4v) is 5.30. The summed E-state index contributed by atoms with van der Waals surface area (Å²) < 4.78 is 5.26. The van der Waals surface area contributed by atoms with Crippen LogP contribution >= 0.6 is 0 Å². The Labute approximate surface area is 243 Å². The van der Waals surface area contributed by atoms with Crippen LogP contribution in [0.4, 0.5) is 0 Å². The van der Waals surface area contributed by atoms with Gasteiger partial charge in [0.05, 0.1) is 18.2 Å². The van der Waals surface area contributed by atoms with E-state index in [1.807, 2.05) is 0 Å². The Morgan fingerprint density at radius 1 is 0.564 bits per heavy atom. The fraction of sp³-hybridized carbons (Fsp3) is 0.971. The predicted molar refractivity (Wildman–Crippen MR) is 167 cm³/mol. The van der Waals surface area contributed by atoms with E-state index >= 15 is 0 Å². The molecule has 0 aromatic rings. The zero-order valence-corrected chi connectivity index (χ0v) is 26.3. The first kappa shape index (κ1) is 38.4. The summed E-state index contributed by atoms with van der Waals surface area (Å²) in [6.07, 6.45) is 30.8. The molecule has 39 heavy (non-hydrogen) atoms. The Morgan fingerprint density at radius 2 is 0.897 bits per heavy atom. The molecule has 0 radical (unpaired) electrons. The van der Waals surface area contributed by atoms with Crippen LogP contribution < -0.4 is 5.73 Å². The highest BCUT2D eigenvalue weighted by molar-refractivity contribution is 5.69. The lowest BCUT2D eigenvalue weighted by Crippen LogP contribution is -2.46. The maximum Gasteiger partial charge on any atom is 0.305 e. The van der Waals surface area contributed by atoms with Crippen molar-refractivity contribution >= 4 is 5.97 Å². The molecule has 0 rings (SSSR count). The van der Waals surface area contributed by atoms with Gasteiger partial charge in [0, 0.05) is 6.42 Å². The average molecular weight is 556 g/mol. The van der Waals surface area contributed by atoms with Crippen molar-refractivity contribution in [1.82, 2.24) is 0 Å². The Kier molecular flexibility index (Phi) is 29.8. The second kappa shape index (κ2) is 30.3. The van der Waals surface area contributed by atoms with Crippen molar-refractivity contribution in [2.24, 2.45) is 5.73 Å². The van der Waals surface area contributed by atoms with Gasteiger partial charge in [0.1, 0.15) is 6.61 Å². The maximum atomic E-state index is 12.0. The van der Waals surface area contributed by atoms with Gasteiger partial charge in [-0.2, -0.15) is 0 Å². The molecule has 0 amide bonds. The Morgan fingerprint density at radius 3 is 1.28 bits per heavy atom. The van der Waals surface area contributed by atoms with Crippen LogP contribution in [0.1, 0.15) is 187 Å². The van der Waals surface area contributed by atoms with Gasteiger partial charge in [0.15, 0.2) is 0 Å². The maximum absolute atomic E-state index is 12.0. The van der Waals surface area contributed by atoms with Crippen LogP contribution in [0, 0.1) is 0 Å². The second-order valence-electron chi connectivity index (χ2n) is 12.1. The smallest absolute Gasteiger partial charge is 0.305 e. The Balaban J connectivity index is 3.54. The van der Waals surface area contributed by atoms with Crippen LogP contribution in [0.5, 0.6) is 0 Å². The number of rotatable bonds is 31. The molecule has 0 spiro atoms. The molecular weight excluding hydrogens is 486 g/mol. The highest BCUT2D eigenvalue weighted by Crippen LogP contribution is 2.15. The Bertz CT molecular complexity index is 502. The van der Waals surface area contributed by atoms with E-state index in [0.29, 0.717) is 12.8 Å². The van der Waals surface area contributed by atoms with Crippen molar-refractivity contribution in [2.45, 2.75) is 205 Å². The molecule has 5 nitrogen and oxygen atoms in total. The lowest BCUT2D eigenvalue weighted by Gasteiger charge is -2.23. The van der Waals surface area contributed by atoms with Gasteiger partial charge < -0.3 is 20.7 Å². The molecule has 234 valence electrons. The van der Waals surface area contributed by atoms with Crippen molar-refractivity contribution in [2.75, 3.05) is 6.61 Å². The van der Waals surface area contributed by atoms with Crippen LogP contribution in [0.15, 0.2) is 0 Å². The summed E-state index contributed by atoms with van der Waals surface area (Å²) in [5, 5.41) is 20.6. The number of nitrogens with two attached hydrogens (primary N) is 1. The zero-order chi connectivity index (χ0) is 28.8. The van der Waals surface area contributed by atoms with Gasteiger partial charge >= 0.3 is 5.97 Å². The summed E-state index contributed by atoms with van der Waals surface area (Å²) in [6.45, 7) is 4.49. The number of hydrogen-bond donors (Lipinski definition) is 3. The van der Waals surface area contributed by atoms with Gasteiger partial charge in [-0.25, -0.2) is 0 Å². The molecule has 0 aromatic carbocycles. The van der Waals surface area contributed by atoms with E-state index in [-0.39, 0.29) is 12.6 Å². The molecule has 0 aliphatic heterocycles. The number of esters is 1. The van der Waals surface area contributed by atoms with E-state index < -0.39 is 18.2 Å². The first-order chi connectivity index (χ1) is 19.0. The zero-order valence-electron chi connectivity index (χ0n) is 26.3. The van der Waals surface area contributed by atoms with Crippen molar-refractivity contribution in [3.05, 3.63) is 0 Å². The summed E-state index contributed by atoms with van der Waals surface area (Å²) in [4.78, 5) is 12.0. The lowest BCUT2D eigenvalue weighted by molar-refractivity contribution is -0.145. The summed E-state index contributed by atoms with van der Waals surface area (Å²) >= 11 is 0. The van der Waals surface area contributed by atoms with E-state index in [1.165, 1.54) is 135 Å². The Hall–Kier alpha value is -0.650. The SMILES string of the molecule is CCCCCCCCCCCCCCCC(=O)OCC(N)C(O)C(O)CCCCCCCCCCCCCC. The molecule has 0 aromatic heterocycles. The molecule has 3 unspecified atom stereocenters. The third kappa shape index (κ3) is 27.3. The fourth-order valence-electron chi connectivity index (χ4n) is 5.30. The minimum absolute atomic E-state index is 0.0338. The largest absolute Gasteiger partial charge is 0.464 e. The molecule has 0 aliphatic carbocycles. The third-order valence-electron chi connectivity index (χ3n) is 8.11. The van der Waals surface area contributed by atoms with Crippen molar-refractivity contribution in [3.63, 3.8) is 0 Å². The minimum atomic E-state index is -1.05. The van der Waals surface area contributed by atoms with Gasteiger partial charge in [0.2, 0.25) is 0 Å². The van der Waals surface area contributed by atoms with E-state index in [1.54, 1.807) is 0 Å². The third-order valence-corrected chi connectivity index (χ3v) is 8.11. The average Bonchev–Trinajstić information content (AvgIpc) is 2.94. The van der Waals surface area contributed by atoms with Crippen molar-refractivity contribution in [1.29, 1.82) is 0 Å². The minimum Gasteiger partial charge on any atom is -0.464 e. The van der Waals surface area contributed by atoms with E-state index in [4.69, 9.17) is 10.5 Å². The van der Waals surface area contributed by atoms with Crippen LogP contribution in [0.3, 0.4) is 0 Å². The van der Waals surface area contributed by atoms with Crippen molar-refractivity contribution in [3.8, 4) is 0 Å². The number of unbranched alkanes of at least 4 members (excludes halogenated alkanes) is 23. The molecule has 0 fully saturated rings. The first-order valence-corrected chi connectivity index (χ1v) is 17.3. The highest BCUT2D eigenvalue weighted by Gasteiger charge is 2.24. The number of aliphatic hydroxyl groups excluding tert-OH is 2. The van der Waals surface area contributed by atoms with Gasteiger partial charge in [-0.3, -0.25) is 4.79 Å². The molecule has 4 N–H and O–H groups in total. The van der Waals surface area contributed by atoms with Gasteiger partial charge in [-0.15, -0.1) is 0 Å². The predicted octanol–water partition coefficient (Wildman–Crippen LogP) is 9.15. The van der Waals surface area contributed by atoms with Gasteiger partial charge in [-0.1, -0.05) is 168 Å². The molecule has 0 heterocycles. The second-order valence-corrected chi connectivity index (χ2v) is 12.1. The molecule has 0 aliphatic rings. The highest BCUT2D eigenvalue weighted by atomic mass is 16.5. The molecule has 0 bridgehead atoms. The summed E-state index contributed by atoms with van der Waals surface area (Å²) in [6, 6.07) is -0.743. The summed E-state index contributed by atoms with van der Waals surface area (Å²) in [5.41, 5.74) is 5.99. The standard InChI is InChI=1S/C34H69NO4/c1-3-5-7-9-11-13-15-17-19-21-23-25-27-29-33(37)39-30-31(35)34(38)32(36)28-26-24-22-20-18-16-14-12-10-8-6-4-2/h31-32,34,36,38H,3-30,35H2,1-2H3. The number of hydrogen-bond acceptors (Lipinski definition) is 5. The molecule has 0 saturated heterocycles. The van der Waals surface area contributed by atoms with E-state index in [2.05, 4.69) is 13.8 Å². The quantitative estimate of drug-likeness (QED) is 0.0586. The summed E-state index contributed by atoms with van der Waals surface area (Å²) in [7, 11) is 0. The molecular formula is C34H69NO4. The number of carbonyl (C=O) groups is 1. The number of carbonyl (C=O) groups excluding carboxylic acids is 1. The molecule has 3 atom stereocenters. The van der Waals surface area contributed by atoms with Crippen LogP contribution in [0.2, 0.25) is 0 Å². The van der Waals surface area contributed by atoms with Gasteiger partial charge in [-0.05, 0) is 12.8 Å². The van der Waals surface area contributed by atoms with Crippen molar-refractivity contribution < 1.29 is 19.7 Å².